The molecule has 1 saturated heterocycles. The Labute approximate surface area is 114 Å². The maximum atomic E-state index is 12.0. The molecule has 1 atom stereocenters. The molecule has 0 radical (unpaired) electrons. The van der Waals surface area contributed by atoms with Gasteiger partial charge in [0.15, 0.2) is 9.84 Å². The van der Waals surface area contributed by atoms with Crippen LogP contribution in [0.2, 0.25) is 0 Å². The fraction of sp³-hybridized carbons (Fsp3) is 0.643. The summed E-state index contributed by atoms with van der Waals surface area (Å²) >= 11 is 0. The topological polar surface area (TPSA) is 56.1 Å². The summed E-state index contributed by atoms with van der Waals surface area (Å²) in [5, 5.41) is 0. The molecular formula is C14H21NO3S. The fourth-order valence-corrected chi connectivity index (χ4v) is 4.27. The van der Waals surface area contributed by atoms with Gasteiger partial charge in [-0.1, -0.05) is 20.8 Å². The van der Waals surface area contributed by atoms with Crippen LogP contribution in [0.4, 0.5) is 0 Å². The average Bonchev–Trinajstić information content (AvgIpc) is 2.59. The summed E-state index contributed by atoms with van der Waals surface area (Å²) in [4.78, 5) is 12.0. The lowest BCUT2D eigenvalue weighted by molar-refractivity contribution is 0.478. The Kier molecular flexibility index (Phi) is 3.60. The molecule has 0 unspecified atom stereocenters. The molecule has 4 nitrogen and oxygen atoms in total. The summed E-state index contributed by atoms with van der Waals surface area (Å²) in [6.07, 6.45) is 2.45. The van der Waals surface area contributed by atoms with Crippen molar-refractivity contribution < 1.29 is 8.42 Å². The molecule has 1 aliphatic heterocycles. The normalized spacial score (nSPS) is 22.6. The molecule has 0 saturated carbocycles. The number of pyridine rings is 1. The van der Waals surface area contributed by atoms with E-state index in [9.17, 15) is 13.2 Å². The molecule has 1 aromatic rings. The number of rotatable bonds is 2. The standard InChI is InChI=1S/C14H21NO3S/c1-14(2,3)12-4-6-15(13(16)8-12)9-11-5-7-19(17,18)10-11/h4,6,8,11H,5,7,9-10H2,1-3H3/t11-/m1/s1. The van der Waals surface area contributed by atoms with Gasteiger partial charge in [0.25, 0.3) is 5.56 Å². The second-order valence-corrected chi connectivity index (χ2v) is 8.65. The van der Waals surface area contributed by atoms with Gasteiger partial charge in [-0.05, 0) is 29.4 Å². The Morgan fingerprint density at radius 2 is 2.05 bits per heavy atom. The van der Waals surface area contributed by atoms with Gasteiger partial charge in [-0.2, -0.15) is 0 Å². The lowest BCUT2D eigenvalue weighted by atomic mass is 9.88. The lowest BCUT2D eigenvalue weighted by Gasteiger charge is -2.19. The van der Waals surface area contributed by atoms with Crippen molar-refractivity contribution in [2.45, 2.75) is 39.2 Å². The van der Waals surface area contributed by atoms with Gasteiger partial charge in [0, 0.05) is 18.8 Å². The predicted octanol–water partition coefficient (Wildman–Crippen LogP) is 1.58. The highest BCUT2D eigenvalue weighted by Crippen LogP contribution is 2.22. The first kappa shape index (κ1) is 14.3. The molecule has 0 aliphatic carbocycles. The van der Waals surface area contributed by atoms with Crippen molar-refractivity contribution in [1.82, 2.24) is 4.57 Å². The Hall–Kier alpha value is -1.10. The van der Waals surface area contributed by atoms with Crippen LogP contribution in [0, 0.1) is 5.92 Å². The minimum atomic E-state index is -2.88. The van der Waals surface area contributed by atoms with Gasteiger partial charge in [-0.25, -0.2) is 8.42 Å². The minimum absolute atomic E-state index is 0.0447. The van der Waals surface area contributed by atoms with Gasteiger partial charge in [-0.15, -0.1) is 0 Å². The maximum Gasteiger partial charge on any atom is 0.250 e. The van der Waals surface area contributed by atoms with Gasteiger partial charge in [0.1, 0.15) is 0 Å². The molecule has 1 aliphatic rings. The van der Waals surface area contributed by atoms with Gasteiger partial charge in [-0.3, -0.25) is 4.79 Å². The van der Waals surface area contributed by atoms with Crippen molar-refractivity contribution in [1.29, 1.82) is 0 Å². The molecule has 1 fully saturated rings. The zero-order valence-electron chi connectivity index (χ0n) is 11.7. The number of sulfone groups is 1. The van der Waals surface area contributed by atoms with E-state index >= 15 is 0 Å². The van der Waals surface area contributed by atoms with E-state index in [0.717, 1.165) is 5.56 Å². The summed E-state index contributed by atoms with van der Waals surface area (Å²) in [5.74, 6) is 0.538. The van der Waals surface area contributed by atoms with Crippen molar-refractivity contribution >= 4 is 9.84 Å². The monoisotopic (exact) mass is 283 g/mol. The quantitative estimate of drug-likeness (QED) is 0.828. The summed E-state index contributed by atoms with van der Waals surface area (Å²) in [5.41, 5.74) is 0.916. The SMILES string of the molecule is CC(C)(C)c1ccn(C[C@H]2CCS(=O)(=O)C2)c(=O)c1. The first-order valence-corrected chi connectivity index (χ1v) is 8.41. The summed E-state index contributed by atoms with van der Waals surface area (Å²) in [7, 11) is -2.88. The molecule has 0 bridgehead atoms. The summed E-state index contributed by atoms with van der Waals surface area (Å²) < 4.78 is 24.5. The van der Waals surface area contributed by atoms with Crippen LogP contribution < -0.4 is 5.56 Å². The van der Waals surface area contributed by atoms with Crippen LogP contribution in [0.25, 0.3) is 0 Å². The predicted molar refractivity (Wildman–Crippen MR) is 76.2 cm³/mol. The molecule has 5 heteroatoms. The van der Waals surface area contributed by atoms with Crippen molar-refractivity contribution in [2.75, 3.05) is 11.5 Å². The van der Waals surface area contributed by atoms with E-state index in [0.29, 0.717) is 13.0 Å². The Morgan fingerprint density at radius 3 is 2.53 bits per heavy atom. The number of aromatic nitrogens is 1. The zero-order chi connectivity index (χ0) is 14.3. The minimum Gasteiger partial charge on any atom is -0.315 e. The number of hydrogen-bond donors (Lipinski definition) is 0. The summed E-state index contributed by atoms with van der Waals surface area (Å²) in [6, 6.07) is 3.61. The molecule has 2 rings (SSSR count). The first-order valence-electron chi connectivity index (χ1n) is 6.59. The largest absolute Gasteiger partial charge is 0.315 e. The van der Waals surface area contributed by atoms with Gasteiger partial charge >= 0.3 is 0 Å². The van der Waals surface area contributed by atoms with E-state index in [-0.39, 0.29) is 28.4 Å². The lowest BCUT2D eigenvalue weighted by Crippen LogP contribution is -2.26. The zero-order valence-corrected chi connectivity index (χ0v) is 12.5. The second kappa shape index (κ2) is 4.78. The molecule has 1 aromatic heterocycles. The van der Waals surface area contributed by atoms with Crippen LogP contribution in [0.5, 0.6) is 0 Å². The van der Waals surface area contributed by atoms with E-state index in [1.165, 1.54) is 0 Å². The molecule has 0 aromatic carbocycles. The molecule has 0 amide bonds. The highest BCUT2D eigenvalue weighted by molar-refractivity contribution is 7.91. The van der Waals surface area contributed by atoms with Crippen LogP contribution in [0.15, 0.2) is 23.1 Å². The highest BCUT2D eigenvalue weighted by atomic mass is 32.2. The van der Waals surface area contributed by atoms with Crippen molar-refractivity contribution in [3.8, 4) is 0 Å². The third-order valence-electron chi connectivity index (χ3n) is 3.64. The molecule has 0 N–H and O–H groups in total. The van der Waals surface area contributed by atoms with Crippen LogP contribution in [-0.4, -0.2) is 24.5 Å². The Bertz CT molecular complexity index is 623. The molecule has 19 heavy (non-hydrogen) atoms. The molecule has 2 heterocycles. The van der Waals surface area contributed by atoms with Crippen molar-refractivity contribution in [3.05, 3.63) is 34.2 Å². The van der Waals surface area contributed by atoms with Crippen LogP contribution in [-0.2, 0) is 21.8 Å². The third kappa shape index (κ3) is 3.47. The number of nitrogens with zero attached hydrogens (tertiary/aromatic N) is 1. The van der Waals surface area contributed by atoms with Gasteiger partial charge in [0.2, 0.25) is 0 Å². The Morgan fingerprint density at radius 1 is 1.37 bits per heavy atom. The smallest absolute Gasteiger partial charge is 0.250 e. The van der Waals surface area contributed by atoms with Gasteiger partial charge < -0.3 is 4.57 Å². The van der Waals surface area contributed by atoms with Gasteiger partial charge in [0.05, 0.1) is 11.5 Å². The van der Waals surface area contributed by atoms with E-state index in [1.807, 2.05) is 6.07 Å². The van der Waals surface area contributed by atoms with Crippen molar-refractivity contribution in [3.63, 3.8) is 0 Å². The van der Waals surface area contributed by atoms with E-state index in [4.69, 9.17) is 0 Å². The fourth-order valence-electron chi connectivity index (χ4n) is 2.42. The van der Waals surface area contributed by atoms with E-state index in [2.05, 4.69) is 20.8 Å². The second-order valence-electron chi connectivity index (χ2n) is 6.43. The molecule has 0 spiro atoms. The first-order chi connectivity index (χ1) is 8.67. The average molecular weight is 283 g/mol. The number of hydrogen-bond acceptors (Lipinski definition) is 3. The highest BCUT2D eigenvalue weighted by Gasteiger charge is 2.28. The third-order valence-corrected chi connectivity index (χ3v) is 5.48. The van der Waals surface area contributed by atoms with E-state index in [1.54, 1.807) is 16.8 Å². The maximum absolute atomic E-state index is 12.0. The van der Waals surface area contributed by atoms with Crippen LogP contribution in [0.1, 0.15) is 32.8 Å². The molecule has 106 valence electrons. The van der Waals surface area contributed by atoms with Crippen LogP contribution in [0.3, 0.4) is 0 Å². The van der Waals surface area contributed by atoms with Crippen molar-refractivity contribution in [2.24, 2.45) is 5.92 Å². The summed E-state index contributed by atoms with van der Waals surface area (Å²) in [6.45, 7) is 6.70. The van der Waals surface area contributed by atoms with E-state index < -0.39 is 9.84 Å². The Balaban J connectivity index is 2.17. The molecular weight excluding hydrogens is 262 g/mol. The van der Waals surface area contributed by atoms with Crippen LogP contribution >= 0.6 is 0 Å².